The van der Waals surface area contributed by atoms with Gasteiger partial charge in [-0.05, 0) is 58.4 Å². The van der Waals surface area contributed by atoms with Crippen LogP contribution in [0.2, 0.25) is 0 Å². The highest BCUT2D eigenvalue weighted by atomic mass is 79.9. The summed E-state index contributed by atoms with van der Waals surface area (Å²) in [6, 6.07) is 9.80. The Bertz CT molecular complexity index is 744. The number of carbonyl (C=O) groups is 1. The van der Waals surface area contributed by atoms with E-state index < -0.39 is 11.7 Å². The van der Waals surface area contributed by atoms with Crippen LogP contribution in [0.1, 0.15) is 5.56 Å². The van der Waals surface area contributed by atoms with Gasteiger partial charge in [0, 0.05) is 15.8 Å². The summed E-state index contributed by atoms with van der Waals surface area (Å²) in [6.07, 6.45) is -3.28. The van der Waals surface area contributed by atoms with E-state index in [1.165, 1.54) is 12.1 Å². The van der Waals surface area contributed by atoms with Gasteiger partial charge in [-0.25, -0.2) is 0 Å². The molecule has 0 radical (unpaired) electrons. The fourth-order valence-electron chi connectivity index (χ4n) is 1.82. The fourth-order valence-corrected chi connectivity index (χ4v) is 2.17. The van der Waals surface area contributed by atoms with Crippen molar-refractivity contribution >= 4 is 38.9 Å². The monoisotopic (exact) mass is 384 g/mol. The average molecular weight is 385 g/mol. The topological polar surface area (TPSA) is 41.1 Å². The van der Waals surface area contributed by atoms with E-state index in [2.05, 4.69) is 33.1 Å². The molecule has 0 spiro atoms. The van der Waals surface area contributed by atoms with Gasteiger partial charge in [-0.1, -0.05) is 12.6 Å². The Morgan fingerprint density at radius 3 is 2.52 bits per heavy atom. The fraction of sp³-hybridized carbons (Fsp3) is 0.0625. The Hall–Kier alpha value is -2.28. The summed E-state index contributed by atoms with van der Waals surface area (Å²) in [4.78, 5) is 11.3. The SMILES string of the molecule is C=CC(=O)Nc1ccc(Br)c(Nc2cccc(C(F)(F)F)c2)c1. The van der Waals surface area contributed by atoms with Gasteiger partial charge >= 0.3 is 6.18 Å². The molecule has 23 heavy (non-hydrogen) atoms. The lowest BCUT2D eigenvalue weighted by Gasteiger charge is -2.13. The largest absolute Gasteiger partial charge is 0.416 e. The highest BCUT2D eigenvalue weighted by molar-refractivity contribution is 9.10. The zero-order valence-corrected chi connectivity index (χ0v) is 13.3. The van der Waals surface area contributed by atoms with Gasteiger partial charge in [-0.15, -0.1) is 0 Å². The molecule has 3 nitrogen and oxygen atoms in total. The summed E-state index contributed by atoms with van der Waals surface area (Å²) in [5.74, 6) is -0.377. The zero-order valence-electron chi connectivity index (χ0n) is 11.7. The van der Waals surface area contributed by atoms with Crippen molar-refractivity contribution in [1.29, 1.82) is 0 Å². The molecule has 2 aromatic carbocycles. The van der Waals surface area contributed by atoms with E-state index in [4.69, 9.17) is 0 Å². The molecule has 0 aromatic heterocycles. The van der Waals surface area contributed by atoms with E-state index in [0.29, 0.717) is 15.8 Å². The zero-order chi connectivity index (χ0) is 17.0. The molecule has 1 amide bonds. The minimum absolute atomic E-state index is 0.285. The van der Waals surface area contributed by atoms with Crippen molar-refractivity contribution in [2.45, 2.75) is 6.18 Å². The van der Waals surface area contributed by atoms with Gasteiger partial charge < -0.3 is 10.6 Å². The number of benzene rings is 2. The molecular formula is C16H12BrF3N2O. The quantitative estimate of drug-likeness (QED) is 0.698. The molecule has 0 fully saturated rings. The number of nitrogens with one attached hydrogen (secondary N) is 2. The van der Waals surface area contributed by atoms with Crippen LogP contribution in [0.25, 0.3) is 0 Å². The molecule has 0 aliphatic rings. The van der Waals surface area contributed by atoms with Crippen molar-refractivity contribution in [2.75, 3.05) is 10.6 Å². The number of anilines is 3. The third kappa shape index (κ3) is 4.59. The second-order valence-electron chi connectivity index (χ2n) is 4.59. The second-order valence-corrected chi connectivity index (χ2v) is 5.45. The van der Waals surface area contributed by atoms with Crippen LogP contribution in [0.15, 0.2) is 59.6 Å². The van der Waals surface area contributed by atoms with Crippen LogP contribution in [0.3, 0.4) is 0 Å². The van der Waals surface area contributed by atoms with Crippen molar-refractivity contribution in [3.05, 3.63) is 65.2 Å². The lowest BCUT2D eigenvalue weighted by Crippen LogP contribution is -2.07. The highest BCUT2D eigenvalue weighted by Gasteiger charge is 2.30. The number of hydrogen-bond acceptors (Lipinski definition) is 2. The molecule has 0 unspecified atom stereocenters. The van der Waals surface area contributed by atoms with E-state index in [1.807, 2.05) is 0 Å². The van der Waals surface area contributed by atoms with E-state index in [-0.39, 0.29) is 11.6 Å². The lowest BCUT2D eigenvalue weighted by molar-refractivity contribution is -0.137. The molecule has 7 heteroatoms. The van der Waals surface area contributed by atoms with Gasteiger partial charge in [0.15, 0.2) is 0 Å². The maximum Gasteiger partial charge on any atom is 0.416 e. The van der Waals surface area contributed by atoms with Crippen LogP contribution < -0.4 is 10.6 Å². The van der Waals surface area contributed by atoms with Gasteiger partial charge in [0.05, 0.1) is 11.3 Å². The Labute approximate surface area is 139 Å². The van der Waals surface area contributed by atoms with Crippen molar-refractivity contribution in [3.63, 3.8) is 0 Å². The number of rotatable bonds is 4. The molecule has 0 heterocycles. The highest BCUT2D eigenvalue weighted by Crippen LogP contribution is 2.33. The van der Waals surface area contributed by atoms with Gasteiger partial charge in [-0.3, -0.25) is 4.79 Å². The number of amides is 1. The minimum Gasteiger partial charge on any atom is -0.355 e. The number of alkyl halides is 3. The number of halogens is 4. The van der Waals surface area contributed by atoms with Gasteiger partial charge in [0.1, 0.15) is 0 Å². The van der Waals surface area contributed by atoms with Crippen LogP contribution in [0.4, 0.5) is 30.2 Å². The Kier molecular flexibility index (Phi) is 5.10. The summed E-state index contributed by atoms with van der Waals surface area (Å²) in [7, 11) is 0. The van der Waals surface area contributed by atoms with Crippen LogP contribution in [0.5, 0.6) is 0 Å². The standard InChI is InChI=1S/C16H12BrF3N2O/c1-2-15(23)22-12-6-7-13(17)14(9-12)21-11-5-3-4-10(8-11)16(18,19)20/h2-9,21H,1H2,(H,22,23). The van der Waals surface area contributed by atoms with E-state index in [0.717, 1.165) is 18.2 Å². The Morgan fingerprint density at radius 1 is 1.13 bits per heavy atom. The van der Waals surface area contributed by atoms with Gasteiger partial charge in [-0.2, -0.15) is 13.2 Å². The van der Waals surface area contributed by atoms with E-state index in [9.17, 15) is 18.0 Å². The molecule has 2 rings (SSSR count). The molecule has 2 aromatic rings. The first-order valence-corrected chi connectivity index (χ1v) is 7.26. The van der Waals surface area contributed by atoms with Crippen molar-refractivity contribution in [3.8, 4) is 0 Å². The molecule has 120 valence electrons. The second kappa shape index (κ2) is 6.87. The third-order valence-corrected chi connectivity index (χ3v) is 3.58. The molecule has 0 aliphatic carbocycles. The molecule has 0 atom stereocenters. The lowest BCUT2D eigenvalue weighted by atomic mass is 10.2. The summed E-state index contributed by atoms with van der Waals surface area (Å²) < 4.78 is 38.9. The predicted molar refractivity (Wildman–Crippen MR) is 87.7 cm³/mol. The van der Waals surface area contributed by atoms with Crippen LogP contribution in [-0.4, -0.2) is 5.91 Å². The summed E-state index contributed by atoms with van der Waals surface area (Å²) in [6.45, 7) is 3.35. The van der Waals surface area contributed by atoms with Crippen LogP contribution >= 0.6 is 15.9 Å². The average Bonchev–Trinajstić information content (AvgIpc) is 2.50. The van der Waals surface area contributed by atoms with E-state index in [1.54, 1.807) is 18.2 Å². The summed E-state index contributed by atoms with van der Waals surface area (Å²) in [5, 5.41) is 5.48. The smallest absolute Gasteiger partial charge is 0.355 e. The first-order valence-electron chi connectivity index (χ1n) is 6.47. The van der Waals surface area contributed by atoms with Crippen molar-refractivity contribution in [1.82, 2.24) is 0 Å². The molecule has 0 saturated heterocycles. The Morgan fingerprint density at radius 2 is 1.87 bits per heavy atom. The minimum atomic E-state index is -4.41. The third-order valence-electron chi connectivity index (χ3n) is 2.89. The summed E-state index contributed by atoms with van der Waals surface area (Å²) >= 11 is 3.31. The van der Waals surface area contributed by atoms with E-state index >= 15 is 0 Å². The maximum atomic E-state index is 12.7. The van der Waals surface area contributed by atoms with Crippen LogP contribution in [0, 0.1) is 0 Å². The predicted octanol–water partition coefficient (Wildman–Crippen LogP) is 5.34. The number of hydrogen-bond donors (Lipinski definition) is 2. The van der Waals surface area contributed by atoms with Crippen molar-refractivity contribution in [2.24, 2.45) is 0 Å². The molecule has 2 N–H and O–H groups in total. The maximum absolute atomic E-state index is 12.7. The normalized spacial score (nSPS) is 11.0. The first kappa shape index (κ1) is 17.1. The summed E-state index contributed by atoms with van der Waals surface area (Å²) in [5.41, 5.74) is 0.557. The molecule has 0 saturated carbocycles. The Balaban J connectivity index is 2.27. The molecule has 0 bridgehead atoms. The van der Waals surface area contributed by atoms with Crippen LogP contribution in [-0.2, 0) is 11.0 Å². The molecule has 0 aliphatic heterocycles. The van der Waals surface area contributed by atoms with Gasteiger partial charge in [0.2, 0.25) is 5.91 Å². The first-order chi connectivity index (χ1) is 10.8. The number of carbonyl (C=O) groups excluding carboxylic acids is 1. The molecular weight excluding hydrogens is 373 g/mol. The van der Waals surface area contributed by atoms with Gasteiger partial charge in [0.25, 0.3) is 0 Å². The van der Waals surface area contributed by atoms with Crippen molar-refractivity contribution < 1.29 is 18.0 Å².